The number of amides is 2. The molecule has 5 heteroatoms. The monoisotopic (exact) mass is 342 g/mol. The number of fused-ring (bicyclic) bond motifs is 1. The smallest absolute Gasteiger partial charge is 0.229 e. The number of benzene rings is 1. The molecule has 5 nitrogen and oxygen atoms in total. The maximum absolute atomic E-state index is 12.8. The van der Waals surface area contributed by atoms with Gasteiger partial charge in [0.2, 0.25) is 11.8 Å². The molecule has 0 aromatic heterocycles. The van der Waals surface area contributed by atoms with Gasteiger partial charge in [0.25, 0.3) is 0 Å². The van der Waals surface area contributed by atoms with Crippen LogP contribution in [-0.4, -0.2) is 30.5 Å². The van der Waals surface area contributed by atoms with Crippen molar-refractivity contribution in [2.75, 3.05) is 18.0 Å². The summed E-state index contributed by atoms with van der Waals surface area (Å²) in [5, 5.41) is 2.97. The van der Waals surface area contributed by atoms with Crippen LogP contribution < -0.4 is 15.0 Å². The fourth-order valence-electron chi connectivity index (χ4n) is 3.96. The summed E-state index contributed by atoms with van der Waals surface area (Å²) in [6, 6.07) is 7.73. The molecule has 2 amide bonds. The molecule has 0 unspecified atom stereocenters. The van der Waals surface area contributed by atoms with Gasteiger partial charge in [0.05, 0.1) is 12.2 Å². The van der Waals surface area contributed by atoms with E-state index in [4.69, 9.17) is 4.74 Å². The summed E-state index contributed by atoms with van der Waals surface area (Å²) in [5.74, 6) is 1.12. The van der Waals surface area contributed by atoms with Gasteiger partial charge in [-0.15, -0.1) is 0 Å². The van der Waals surface area contributed by atoms with E-state index in [-0.39, 0.29) is 23.3 Å². The number of nitrogens with one attached hydrogen (secondary N) is 1. The molecule has 2 aliphatic carbocycles. The molecule has 1 aromatic carbocycles. The molecular weight excluding hydrogens is 316 g/mol. The van der Waals surface area contributed by atoms with Gasteiger partial charge in [-0.05, 0) is 37.8 Å². The van der Waals surface area contributed by atoms with Crippen molar-refractivity contribution in [2.24, 2.45) is 5.92 Å². The zero-order valence-corrected chi connectivity index (χ0v) is 14.6. The lowest BCUT2D eigenvalue weighted by Gasteiger charge is -2.35. The Bertz CT molecular complexity index is 663. The molecule has 0 saturated heterocycles. The Labute approximate surface area is 148 Å². The molecule has 1 spiro atoms. The highest BCUT2D eigenvalue weighted by Gasteiger charge is 2.51. The third-order valence-electron chi connectivity index (χ3n) is 5.65. The predicted octanol–water partition coefficient (Wildman–Crippen LogP) is 3.03. The highest BCUT2D eigenvalue weighted by molar-refractivity contribution is 5.96. The van der Waals surface area contributed by atoms with Gasteiger partial charge in [-0.2, -0.15) is 0 Å². The summed E-state index contributed by atoms with van der Waals surface area (Å²) in [5.41, 5.74) is 0.679. The number of carbonyl (C=O) groups excluding carboxylic acids is 2. The number of ether oxygens (including phenoxy) is 1. The largest absolute Gasteiger partial charge is 0.483 e. The maximum Gasteiger partial charge on any atom is 0.229 e. The van der Waals surface area contributed by atoms with Crippen molar-refractivity contribution in [1.82, 2.24) is 5.32 Å². The van der Waals surface area contributed by atoms with Gasteiger partial charge in [-0.1, -0.05) is 31.4 Å². The SMILES string of the molecule is O=C(NCCC(=O)N1CC2(CC2)Oc2ccccc21)C1CCCCC1. The molecule has 134 valence electrons. The molecule has 1 aliphatic heterocycles. The first-order chi connectivity index (χ1) is 12.2. The molecule has 0 atom stereocenters. The minimum Gasteiger partial charge on any atom is -0.483 e. The highest BCUT2D eigenvalue weighted by Crippen LogP contribution is 2.48. The molecule has 25 heavy (non-hydrogen) atoms. The second-order valence-electron chi connectivity index (χ2n) is 7.61. The van der Waals surface area contributed by atoms with Gasteiger partial charge in [-0.3, -0.25) is 9.59 Å². The molecule has 1 N–H and O–H groups in total. The van der Waals surface area contributed by atoms with Crippen LogP contribution in [0.25, 0.3) is 0 Å². The molecule has 2 fully saturated rings. The van der Waals surface area contributed by atoms with Gasteiger partial charge >= 0.3 is 0 Å². The summed E-state index contributed by atoms with van der Waals surface area (Å²) in [6.07, 6.45) is 7.84. The Balaban J connectivity index is 1.34. The van der Waals surface area contributed by atoms with Crippen molar-refractivity contribution in [2.45, 2.75) is 57.0 Å². The van der Waals surface area contributed by atoms with Crippen LogP contribution in [0.15, 0.2) is 24.3 Å². The average molecular weight is 342 g/mol. The Morgan fingerprint density at radius 1 is 1.16 bits per heavy atom. The van der Waals surface area contributed by atoms with Crippen LogP contribution >= 0.6 is 0 Å². The van der Waals surface area contributed by atoms with Gasteiger partial charge in [0.15, 0.2) is 0 Å². The van der Waals surface area contributed by atoms with Crippen LogP contribution in [-0.2, 0) is 9.59 Å². The van der Waals surface area contributed by atoms with Gasteiger partial charge in [-0.25, -0.2) is 0 Å². The number of anilines is 1. The second kappa shape index (κ2) is 6.70. The number of hydrogen-bond acceptors (Lipinski definition) is 3. The standard InChI is InChI=1S/C20H26N2O3/c23-18(10-13-21-19(24)15-6-2-1-3-7-15)22-14-20(11-12-20)25-17-9-5-4-8-16(17)22/h4-5,8-9,15H,1-3,6-7,10-14H2,(H,21,24). The third kappa shape index (κ3) is 3.51. The molecular formula is C20H26N2O3. The number of nitrogens with zero attached hydrogens (tertiary/aromatic N) is 1. The van der Waals surface area contributed by atoms with Crippen molar-refractivity contribution in [3.8, 4) is 5.75 Å². The zero-order chi connectivity index (χ0) is 17.3. The molecule has 1 heterocycles. The number of carbonyl (C=O) groups is 2. The van der Waals surface area contributed by atoms with E-state index < -0.39 is 0 Å². The molecule has 0 bridgehead atoms. The summed E-state index contributed by atoms with van der Waals surface area (Å²) < 4.78 is 6.07. The third-order valence-corrected chi connectivity index (χ3v) is 5.65. The van der Waals surface area contributed by atoms with E-state index in [9.17, 15) is 9.59 Å². The molecule has 1 aromatic rings. The Kier molecular flexibility index (Phi) is 4.40. The summed E-state index contributed by atoms with van der Waals surface area (Å²) >= 11 is 0. The average Bonchev–Trinajstić information content (AvgIpc) is 3.40. The van der Waals surface area contributed by atoms with Crippen LogP contribution in [0.3, 0.4) is 0 Å². The van der Waals surface area contributed by atoms with Crippen LogP contribution in [0.1, 0.15) is 51.4 Å². The number of hydrogen-bond donors (Lipinski definition) is 1. The Morgan fingerprint density at radius 2 is 1.92 bits per heavy atom. The van der Waals surface area contributed by atoms with Crippen LogP contribution in [0, 0.1) is 5.92 Å². The quantitative estimate of drug-likeness (QED) is 0.915. The van der Waals surface area contributed by atoms with Crippen molar-refractivity contribution in [1.29, 1.82) is 0 Å². The van der Waals surface area contributed by atoms with E-state index in [1.807, 2.05) is 29.2 Å². The first kappa shape index (κ1) is 16.4. The van der Waals surface area contributed by atoms with Gasteiger partial charge < -0.3 is 15.0 Å². The predicted molar refractivity (Wildman–Crippen MR) is 95.6 cm³/mol. The summed E-state index contributed by atoms with van der Waals surface area (Å²) in [4.78, 5) is 26.8. The van der Waals surface area contributed by atoms with E-state index in [2.05, 4.69) is 5.32 Å². The van der Waals surface area contributed by atoms with Crippen molar-refractivity contribution >= 4 is 17.5 Å². The molecule has 2 saturated carbocycles. The Morgan fingerprint density at radius 3 is 2.68 bits per heavy atom. The van der Waals surface area contributed by atoms with Crippen molar-refractivity contribution in [3.63, 3.8) is 0 Å². The first-order valence-electron chi connectivity index (χ1n) is 9.53. The lowest BCUT2D eigenvalue weighted by atomic mass is 9.89. The molecule has 0 radical (unpaired) electrons. The van der Waals surface area contributed by atoms with E-state index in [1.54, 1.807) is 0 Å². The topological polar surface area (TPSA) is 58.6 Å². The minimum absolute atomic E-state index is 0.0611. The van der Waals surface area contributed by atoms with E-state index in [1.165, 1.54) is 6.42 Å². The summed E-state index contributed by atoms with van der Waals surface area (Å²) in [6.45, 7) is 1.04. The maximum atomic E-state index is 12.8. The zero-order valence-electron chi connectivity index (χ0n) is 14.6. The normalized spacial score (nSPS) is 21.4. The number of rotatable bonds is 4. The van der Waals surface area contributed by atoms with Gasteiger partial charge in [0.1, 0.15) is 11.4 Å². The van der Waals surface area contributed by atoms with Crippen molar-refractivity contribution in [3.05, 3.63) is 24.3 Å². The van der Waals surface area contributed by atoms with Crippen molar-refractivity contribution < 1.29 is 14.3 Å². The second-order valence-corrected chi connectivity index (χ2v) is 7.61. The fourth-order valence-corrected chi connectivity index (χ4v) is 3.96. The highest BCUT2D eigenvalue weighted by atomic mass is 16.5. The molecule has 3 aliphatic rings. The van der Waals surface area contributed by atoms with Gasteiger partial charge in [0, 0.05) is 18.9 Å². The van der Waals surface area contributed by atoms with E-state index >= 15 is 0 Å². The van der Waals surface area contributed by atoms with E-state index in [0.717, 1.165) is 50.0 Å². The van der Waals surface area contributed by atoms with E-state index in [0.29, 0.717) is 19.5 Å². The lowest BCUT2D eigenvalue weighted by molar-refractivity contribution is -0.126. The lowest BCUT2D eigenvalue weighted by Crippen LogP contribution is -2.46. The van der Waals surface area contributed by atoms with Crippen LogP contribution in [0.5, 0.6) is 5.75 Å². The molecule has 4 rings (SSSR count). The summed E-state index contributed by atoms with van der Waals surface area (Å²) in [7, 11) is 0. The fraction of sp³-hybridized carbons (Fsp3) is 0.600. The minimum atomic E-state index is -0.171. The van der Waals surface area contributed by atoms with Crippen LogP contribution in [0.2, 0.25) is 0 Å². The number of para-hydroxylation sites is 2. The van der Waals surface area contributed by atoms with Crippen LogP contribution in [0.4, 0.5) is 5.69 Å². The Hall–Kier alpha value is -2.04. The first-order valence-corrected chi connectivity index (χ1v) is 9.53.